The van der Waals surface area contributed by atoms with Crippen LogP contribution in [-0.2, 0) is 0 Å². The number of methoxy groups -OCH3 is 1. The van der Waals surface area contributed by atoms with Crippen molar-refractivity contribution >= 4 is 0 Å². The molecule has 1 aromatic rings. The molecule has 0 saturated carbocycles. The third kappa shape index (κ3) is 1.89. The maximum Gasteiger partial charge on any atom is 0.122 e. The summed E-state index contributed by atoms with van der Waals surface area (Å²) in [4.78, 5) is 0. The van der Waals surface area contributed by atoms with Gasteiger partial charge >= 0.3 is 0 Å². The third-order valence-electron chi connectivity index (χ3n) is 2.65. The molecular weight excluding hydrogens is 176 g/mol. The molecule has 0 unspecified atom stereocenters. The Labute approximate surface area is 85.0 Å². The van der Waals surface area contributed by atoms with Gasteiger partial charge in [-0.05, 0) is 36.6 Å². The highest BCUT2D eigenvalue weighted by Crippen LogP contribution is 2.26. The summed E-state index contributed by atoms with van der Waals surface area (Å²) in [6.07, 6.45) is 0. The zero-order valence-corrected chi connectivity index (χ0v) is 9.00. The fourth-order valence-corrected chi connectivity index (χ4v) is 1.57. The summed E-state index contributed by atoms with van der Waals surface area (Å²) in [5.41, 5.74) is 14.8. The molecule has 0 amide bonds. The molecule has 0 bridgehead atoms. The van der Waals surface area contributed by atoms with Gasteiger partial charge in [0.05, 0.1) is 7.11 Å². The van der Waals surface area contributed by atoms with Crippen LogP contribution in [-0.4, -0.2) is 13.7 Å². The topological polar surface area (TPSA) is 61.3 Å². The van der Waals surface area contributed by atoms with Crippen LogP contribution >= 0.6 is 0 Å². The van der Waals surface area contributed by atoms with E-state index in [2.05, 4.69) is 0 Å². The largest absolute Gasteiger partial charge is 0.496 e. The number of benzene rings is 1. The average molecular weight is 194 g/mol. The second-order valence-electron chi connectivity index (χ2n) is 3.45. The highest BCUT2D eigenvalue weighted by Gasteiger charge is 2.11. The Hall–Kier alpha value is -1.06. The molecule has 0 radical (unpaired) electrons. The molecular formula is C11H18N2O. The van der Waals surface area contributed by atoms with E-state index in [1.54, 1.807) is 7.11 Å². The molecule has 0 aliphatic carbocycles. The molecule has 1 rings (SSSR count). The molecule has 78 valence electrons. The van der Waals surface area contributed by atoms with Crippen LogP contribution in [0.5, 0.6) is 5.75 Å². The lowest BCUT2D eigenvalue weighted by Gasteiger charge is -2.16. The van der Waals surface area contributed by atoms with E-state index in [1.807, 2.05) is 26.0 Å². The summed E-state index contributed by atoms with van der Waals surface area (Å²) < 4.78 is 5.22. The van der Waals surface area contributed by atoms with Crippen molar-refractivity contribution in [3.05, 3.63) is 28.8 Å². The lowest BCUT2D eigenvalue weighted by molar-refractivity contribution is 0.411. The van der Waals surface area contributed by atoms with Crippen LogP contribution < -0.4 is 16.2 Å². The molecule has 0 saturated heterocycles. The van der Waals surface area contributed by atoms with E-state index in [9.17, 15) is 0 Å². The molecule has 14 heavy (non-hydrogen) atoms. The number of hydrogen-bond acceptors (Lipinski definition) is 3. The molecule has 1 aromatic carbocycles. The van der Waals surface area contributed by atoms with Crippen molar-refractivity contribution in [3.8, 4) is 5.75 Å². The van der Waals surface area contributed by atoms with Crippen molar-refractivity contribution < 1.29 is 4.74 Å². The van der Waals surface area contributed by atoms with Gasteiger partial charge in [-0.15, -0.1) is 0 Å². The minimum absolute atomic E-state index is 0.0837. The van der Waals surface area contributed by atoms with Gasteiger partial charge in [-0.25, -0.2) is 0 Å². The Morgan fingerprint density at radius 2 is 1.93 bits per heavy atom. The van der Waals surface area contributed by atoms with E-state index < -0.39 is 0 Å². The predicted molar refractivity (Wildman–Crippen MR) is 58.5 cm³/mol. The number of hydrogen-bond donors (Lipinski definition) is 2. The first-order valence-electron chi connectivity index (χ1n) is 4.71. The van der Waals surface area contributed by atoms with E-state index in [4.69, 9.17) is 16.2 Å². The normalized spacial score (nSPS) is 12.6. The number of rotatable bonds is 3. The summed E-state index contributed by atoms with van der Waals surface area (Å²) in [7, 11) is 1.67. The Balaban J connectivity index is 3.17. The fraction of sp³-hybridized carbons (Fsp3) is 0.455. The molecule has 0 aliphatic heterocycles. The van der Waals surface area contributed by atoms with Crippen LogP contribution in [0.25, 0.3) is 0 Å². The van der Waals surface area contributed by atoms with Crippen molar-refractivity contribution in [2.24, 2.45) is 11.5 Å². The Bertz CT molecular complexity index is 323. The zero-order chi connectivity index (χ0) is 10.7. The first kappa shape index (κ1) is 11.0. The van der Waals surface area contributed by atoms with Crippen LogP contribution in [0.3, 0.4) is 0 Å². The molecule has 1 atom stereocenters. The highest BCUT2D eigenvalue weighted by molar-refractivity contribution is 5.44. The van der Waals surface area contributed by atoms with Gasteiger partial charge in [0.15, 0.2) is 0 Å². The summed E-state index contributed by atoms with van der Waals surface area (Å²) in [6, 6.07) is 3.84. The monoisotopic (exact) mass is 194 g/mol. The van der Waals surface area contributed by atoms with Crippen LogP contribution in [0, 0.1) is 13.8 Å². The van der Waals surface area contributed by atoms with Gasteiger partial charge in [-0.1, -0.05) is 6.07 Å². The maximum absolute atomic E-state index is 5.89. The summed E-state index contributed by atoms with van der Waals surface area (Å²) in [5, 5.41) is 0. The van der Waals surface area contributed by atoms with Gasteiger partial charge in [-0.2, -0.15) is 0 Å². The van der Waals surface area contributed by atoms with Gasteiger partial charge in [0.2, 0.25) is 0 Å². The first-order valence-corrected chi connectivity index (χ1v) is 4.71. The zero-order valence-electron chi connectivity index (χ0n) is 9.00. The van der Waals surface area contributed by atoms with Crippen molar-refractivity contribution in [3.63, 3.8) is 0 Å². The highest BCUT2D eigenvalue weighted by atomic mass is 16.5. The molecule has 0 fully saturated rings. The van der Waals surface area contributed by atoms with Crippen molar-refractivity contribution in [1.29, 1.82) is 0 Å². The maximum atomic E-state index is 5.89. The lowest BCUT2D eigenvalue weighted by atomic mass is 9.97. The first-order chi connectivity index (χ1) is 6.61. The Kier molecular flexibility index (Phi) is 3.49. The van der Waals surface area contributed by atoms with Crippen LogP contribution in [0.1, 0.15) is 22.7 Å². The minimum atomic E-state index is -0.0837. The van der Waals surface area contributed by atoms with Gasteiger partial charge in [-0.3, -0.25) is 0 Å². The molecule has 0 heterocycles. The van der Waals surface area contributed by atoms with Crippen LogP contribution in [0.4, 0.5) is 0 Å². The molecule has 3 nitrogen and oxygen atoms in total. The minimum Gasteiger partial charge on any atom is -0.496 e. The second kappa shape index (κ2) is 4.44. The van der Waals surface area contributed by atoms with E-state index in [1.165, 1.54) is 5.56 Å². The molecule has 0 aliphatic rings. The van der Waals surface area contributed by atoms with Gasteiger partial charge in [0, 0.05) is 12.6 Å². The van der Waals surface area contributed by atoms with E-state index in [0.29, 0.717) is 6.54 Å². The van der Waals surface area contributed by atoms with E-state index >= 15 is 0 Å². The van der Waals surface area contributed by atoms with Gasteiger partial charge in [0.25, 0.3) is 0 Å². The van der Waals surface area contributed by atoms with E-state index in [0.717, 1.165) is 16.9 Å². The molecule has 4 N–H and O–H groups in total. The quantitative estimate of drug-likeness (QED) is 0.761. The van der Waals surface area contributed by atoms with Crippen molar-refractivity contribution in [2.45, 2.75) is 19.9 Å². The van der Waals surface area contributed by atoms with Crippen LogP contribution in [0.15, 0.2) is 12.1 Å². The molecule has 0 aromatic heterocycles. The summed E-state index contributed by atoms with van der Waals surface area (Å²) in [5.74, 6) is 0.899. The second-order valence-corrected chi connectivity index (χ2v) is 3.45. The standard InChI is InChI=1S/C11H18N2O/c1-7-8(2)11(14-3)5-4-9(7)10(13)6-12/h4-5,10H,6,12-13H2,1-3H3/t10-/m1/s1. The Morgan fingerprint density at radius 1 is 1.29 bits per heavy atom. The average Bonchev–Trinajstić information content (AvgIpc) is 2.21. The predicted octanol–water partition coefficient (Wildman–Crippen LogP) is 1.27. The smallest absolute Gasteiger partial charge is 0.122 e. The lowest BCUT2D eigenvalue weighted by Crippen LogP contribution is -2.21. The Morgan fingerprint density at radius 3 is 2.43 bits per heavy atom. The van der Waals surface area contributed by atoms with Crippen molar-refractivity contribution in [1.82, 2.24) is 0 Å². The van der Waals surface area contributed by atoms with Crippen molar-refractivity contribution in [2.75, 3.05) is 13.7 Å². The van der Waals surface area contributed by atoms with E-state index in [-0.39, 0.29) is 6.04 Å². The molecule has 3 heteroatoms. The summed E-state index contributed by atoms with van der Waals surface area (Å²) in [6.45, 7) is 4.54. The number of ether oxygens (including phenoxy) is 1. The third-order valence-corrected chi connectivity index (χ3v) is 2.65. The van der Waals surface area contributed by atoms with Gasteiger partial charge < -0.3 is 16.2 Å². The number of nitrogens with two attached hydrogens (primary N) is 2. The molecule has 0 spiro atoms. The summed E-state index contributed by atoms with van der Waals surface area (Å²) >= 11 is 0. The fourth-order valence-electron chi connectivity index (χ4n) is 1.57. The van der Waals surface area contributed by atoms with Crippen LogP contribution in [0.2, 0.25) is 0 Å². The van der Waals surface area contributed by atoms with Gasteiger partial charge in [0.1, 0.15) is 5.75 Å². The SMILES string of the molecule is COc1ccc([C@H](N)CN)c(C)c1C.